The molecular weight excluding hydrogens is 345 g/mol. The third kappa shape index (κ3) is 6.29. The smallest absolute Gasteiger partial charge is 0.225 e. The summed E-state index contributed by atoms with van der Waals surface area (Å²) in [5.41, 5.74) is 0.138. The van der Waals surface area contributed by atoms with Crippen LogP contribution in [0.3, 0.4) is 0 Å². The summed E-state index contributed by atoms with van der Waals surface area (Å²) in [4.78, 5) is 28.1. The van der Waals surface area contributed by atoms with Crippen molar-refractivity contribution >= 4 is 29.1 Å². The quantitative estimate of drug-likeness (QED) is 0.838. The zero-order valence-electron chi connectivity index (χ0n) is 14.7. The topological polar surface area (TPSA) is 52.7 Å². The van der Waals surface area contributed by atoms with Gasteiger partial charge in [-0.3, -0.25) is 14.5 Å². The van der Waals surface area contributed by atoms with Crippen LogP contribution in [0.15, 0.2) is 18.2 Å². The van der Waals surface area contributed by atoms with Crippen LogP contribution in [0.5, 0.6) is 0 Å². The van der Waals surface area contributed by atoms with Gasteiger partial charge >= 0.3 is 0 Å². The molecule has 2 rings (SSSR count). The Labute approximate surface area is 153 Å². The number of hydrogen-bond donors (Lipinski definition) is 1. The van der Waals surface area contributed by atoms with Crippen molar-refractivity contribution in [3.63, 3.8) is 0 Å². The van der Waals surface area contributed by atoms with Crippen LogP contribution in [0, 0.1) is 11.7 Å². The van der Waals surface area contributed by atoms with Gasteiger partial charge < -0.3 is 10.2 Å². The molecule has 138 valence electrons. The van der Waals surface area contributed by atoms with Gasteiger partial charge in [-0.1, -0.05) is 25.4 Å². The van der Waals surface area contributed by atoms with Crippen molar-refractivity contribution in [3.8, 4) is 0 Å². The number of piperazine rings is 1. The Morgan fingerprint density at radius 1 is 1.24 bits per heavy atom. The summed E-state index contributed by atoms with van der Waals surface area (Å²) in [5, 5.41) is 2.85. The first kappa shape index (κ1) is 19.7. The van der Waals surface area contributed by atoms with Gasteiger partial charge in [0.1, 0.15) is 5.82 Å². The molecule has 1 aromatic rings. The molecule has 0 atom stereocenters. The normalized spacial score (nSPS) is 15.5. The second-order valence-electron chi connectivity index (χ2n) is 6.74. The molecule has 0 aliphatic carbocycles. The monoisotopic (exact) mass is 369 g/mol. The molecule has 1 saturated heterocycles. The van der Waals surface area contributed by atoms with Crippen LogP contribution in [0.1, 0.15) is 26.7 Å². The van der Waals surface area contributed by atoms with Crippen molar-refractivity contribution in [2.75, 3.05) is 38.0 Å². The van der Waals surface area contributed by atoms with Crippen molar-refractivity contribution in [1.29, 1.82) is 0 Å². The van der Waals surface area contributed by atoms with Gasteiger partial charge in [0.05, 0.1) is 5.69 Å². The van der Waals surface area contributed by atoms with E-state index in [-0.39, 0.29) is 23.9 Å². The standard InChI is InChI=1S/C18H25ClFN3O2/c1-13(2)11-18(25)23-9-7-22(8-10-23)6-5-17(24)21-16-4-3-14(19)12-15(16)20/h3-4,12-13H,5-11H2,1-2H3,(H,21,24). The third-order valence-electron chi connectivity index (χ3n) is 4.17. The van der Waals surface area contributed by atoms with Gasteiger partial charge in [0.15, 0.2) is 0 Å². The minimum atomic E-state index is -0.543. The van der Waals surface area contributed by atoms with Crippen molar-refractivity contribution in [1.82, 2.24) is 9.80 Å². The molecule has 0 radical (unpaired) electrons. The lowest BCUT2D eigenvalue weighted by Gasteiger charge is -2.35. The molecule has 1 N–H and O–H groups in total. The molecule has 1 aliphatic heterocycles. The number of halogens is 2. The van der Waals surface area contributed by atoms with Crippen LogP contribution < -0.4 is 5.32 Å². The molecule has 2 amide bonds. The highest BCUT2D eigenvalue weighted by Crippen LogP contribution is 2.19. The SMILES string of the molecule is CC(C)CC(=O)N1CCN(CCC(=O)Nc2ccc(Cl)cc2F)CC1. The van der Waals surface area contributed by atoms with Gasteiger partial charge in [-0.2, -0.15) is 0 Å². The van der Waals surface area contributed by atoms with Crippen LogP contribution in [-0.2, 0) is 9.59 Å². The fraction of sp³-hybridized carbons (Fsp3) is 0.556. The van der Waals surface area contributed by atoms with E-state index in [1.54, 1.807) is 0 Å². The largest absolute Gasteiger partial charge is 0.340 e. The van der Waals surface area contributed by atoms with Crippen LogP contribution in [0.4, 0.5) is 10.1 Å². The average molecular weight is 370 g/mol. The molecule has 1 aromatic carbocycles. The van der Waals surface area contributed by atoms with Gasteiger partial charge in [0.2, 0.25) is 11.8 Å². The van der Waals surface area contributed by atoms with E-state index in [2.05, 4.69) is 10.2 Å². The minimum absolute atomic E-state index is 0.138. The number of carbonyl (C=O) groups is 2. The molecule has 7 heteroatoms. The van der Waals surface area contributed by atoms with Crippen molar-refractivity contribution in [2.45, 2.75) is 26.7 Å². The Hall–Kier alpha value is -1.66. The number of benzene rings is 1. The van der Waals surface area contributed by atoms with Gasteiger partial charge in [0.25, 0.3) is 0 Å². The number of carbonyl (C=O) groups excluding carboxylic acids is 2. The highest BCUT2D eigenvalue weighted by atomic mass is 35.5. The Morgan fingerprint density at radius 2 is 1.92 bits per heavy atom. The number of anilines is 1. The molecule has 0 saturated carbocycles. The number of amides is 2. The third-order valence-corrected chi connectivity index (χ3v) is 4.40. The first-order valence-corrected chi connectivity index (χ1v) is 8.98. The molecular formula is C18H25ClFN3O2. The zero-order chi connectivity index (χ0) is 18.4. The molecule has 0 aromatic heterocycles. The van der Waals surface area contributed by atoms with Crippen LogP contribution in [0.2, 0.25) is 5.02 Å². The Kier molecular flexibility index (Phi) is 7.20. The molecule has 1 fully saturated rings. The Balaban J connectivity index is 1.72. The van der Waals surface area contributed by atoms with Gasteiger partial charge in [0, 0.05) is 50.6 Å². The fourth-order valence-corrected chi connectivity index (χ4v) is 2.92. The summed E-state index contributed by atoms with van der Waals surface area (Å²) >= 11 is 5.69. The lowest BCUT2D eigenvalue weighted by Crippen LogP contribution is -2.49. The minimum Gasteiger partial charge on any atom is -0.340 e. The number of nitrogens with one attached hydrogen (secondary N) is 1. The predicted octanol–water partition coefficient (Wildman–Crippen LogP) is 3.00. The number of nitrogens with zero attached hydrogens (tertiary/aromatic N) is 2. The summed E-state index contributed by atoms with van der Waals surface area (Å²) < 4.78 is 13.7. The lowest BCUT2D eigenvalue weighted by molar-refractivity contribution is -0.134. The molecule has 25 heavy (non-hydrogen) atoms. The lowest BCUT2D eigenvalue weighted by atomic mass is 10.1. The van der Waals surface area contributed by atoms with E-state index in [0.29, 0.717) is 37.0 Å². The van der Waals surface area contributed by atoms with E-state index >= 15 is 0 Å². The summed E-state index contributed by atoms with van der Waals surface area (Å²) in [7, 11) is 0. The van der Waals surface area contributed by atoms with E-state index in [4.69, 9.17) is 11.6 Å². The average Bonchev–Trinajstić information content (AvgIpc) is 2.55. The van der Waals surface area contributed by atoms with Crippen LogP contribution in [0.25, 0.3) is 0 Å². The molecule has 1 aliphatic rings. The van der Waals surface area contributed by atoms with Crippen LogP contribution in [-0.4, -0.2) is 54.3 Å². The zero-order valence-corrected chi connectivity index (χ0v) is 15.5. The maximum atomic E-state index is 13.7. The number of rotatable bonds is 6. The second-order valence-corrected chi connectivity index (χ2v) is 7.18. The van der Waals surface area contributed by atoms with E-state index in [9.17, 15) is 14.0 Å². The first-order chi connectivity index (χ1) is 11.8. The van der Waals surface area contributed by atoms with Gasteiger partial charge in [-0.15, -0.1) is 0 Å². The predicted molar refractivity (Wildman–Crippen MR) is 97.1 cm³/mol. The highest BCUT2D eigenvalue weighted by molar-refractivity contribution is 6.30. The Bertz CT molecular complexity index is 616. The van der Waals surface area contributed by atoms with E-state index in [1.165, 1.54) is 18.2 Å². The fourth-order valence-electron chi connectivity index (χ4n) is 2.76. The van der Waals surface area contributed by atoms with Gasteiger partial charge in [-0.05, 0) is 24.1 Å². The molecule has 0 spiro atoms. The Morgan fingerprint density at radius 3 is 2.52 bits per heavy atom. The van der Waals surface area contributed by atoms with Crippen LogP contribution >= 0.6 is 11.6 Å². The van der Waals surface area contributed by atoms with Crippen molar-refractivity contribution < 1.29 is 14.0 Å². The summed E-state index contributed by atoms with van der Waals surface area (Å²) in [5.74, 6) is -0.217. The van der Waals surface area contributed by atoms with Crippen molar-refractivity contribution in [3.05, 3.63) is 29.0 Å². The molecule has 5 nitrogen and oxygen atoms in total. The maximum Gasteiger partial charge on any atom is 0.225 e. The first-order valence-electron chi connectivity index (χ1n) is 8.60. The maximum absolute atomic E-state index is 13.7. The molecule has 1 heterocycles. The summed E-state index contributed by atoms with van der Waals surface area (Å²) in [6.45, 7) is 7.57. The summed E-state index contributed by atoms with van der Waals surface area (Å²) in [6.07, 6.45) is 0.858. The molecule has 0 bridgehead atoms. The highest BCUT2D eigenvalue weighted by Gasteiger charge is 2.21. The number of hydrogen-bond acceptors (Lipinski definition) is 3. The second kappa shape index (κ2) is 9.15. The van der Waals surface area contributed by atoms with E-state index < -0.39 is 5.82 Å². The molecule has 0 unspecified atom stereocenters. The van der Waals surface area contributed by atoms with Crippen molar-refractivity contribution in [2.24, 2.45) is 5.92 Å². The summed E-state index contributed by atoms with van der Waals surface area (Å²) in [6, 6.07) is 4.16. The van der Waals surface area contributed by atoms with E-state index in [0.717, 1.165) is 13.1 Å². The van der Waals surface area contributed by atoms with E-state index in [1.807, 2.05) is 18.7 Å². The van der Waals surface area contributed by atoms with Gasteiger partial charge in [-0.25, -0.2) is 4.39 Å².